The van der Waals surface area contributed by atoms with E-state index < -0.39 is 0 Å². The van der Waals surface area contributed by atoms with Gasteiger partial charge in [-0.3, -0.25) is 0 Å². The Morgan fingerprint density at radius 2 is 2.05 bits per heavy atom. The maximum atomic E-state index is 5.43. The van der Waals surface area contributed by atoms with Crippen molar-refractivity contribution in [2.45, 2.75) is 13.5 Å². The normalized spacial score (nSPS) is 10.9. The van der Waals surface area contributed by atoms with Gasteiger partial charge in [0.2, 0.25) is 0 Å². The highest BCUT2D eigenvalue weighted by atomic mass is 32.1. The number of rotatable bonds is 3. The van der Waals surface area contributed by atoms with Crippen LogP contribution in [0, 0.1) is 11.7 Å². The summed E-state index contributed by atoms with van der Waals surface area (Å²) >= 11 is 5.43. The summed E-state index contributed by atoms with van der Waals surface area (Å²) in [6.45, 7) is 2.82. The van der Waals surface area contributed by atoms with Gasteiger partial charge >= 0.3 is 0 Å². The number of H-pyrrole nitrogens is 1. The van der Waals surface area contributed by atoms with Gasteiger partial charge in [0.05, 0.1) is 24.7 Å². The fraction of sp³-hybridized carbons (Fsp3) is 0.188. The number of nitrogens with one attached hydrogen (secondary N) is 1. The fourth-order valence-corrected chi connectivity index (χ4v) is 2.65. The molecule has 102 valence electrons. The lowest BCUT2D eigenvalue weighted by atomic mass is 10.2. The summed E-state index contributed by atoms with van der Waals surface area (Å²) in [4.78, 5) is 3.25. The molecule has 3 rings (SSSR count). The summed E-state index contributed by atoms with van der Waals surface area (Å²) in [5.41, 5.74) is 4.61. The monoisotopic (exact) mass is 284 g/mol. The Kier molecular flexibility index (Phi) is 3.32. The van der Waals surface area contributed by atoms with Crippen LogP contribution < -0.4 is 4.74 Å². The van der Waals surface area contributed by atoms with Crippen LogP contribution >= 0.6 is 12.2 Å². The molecule has 1 aromatic heterocycles. The fourth-order valence-electron chi connectivity index (χ4n) is 2.37. The molecule has 4 heteroatoms. The topological polar surface area (TPSA) is 29.9 Å². The third-order valence-electron chi connectivity index (χ3n) is 3.41. The van der Waals surface area contributed by atoms with E-state index in [1.165, 1.54) is 11.1 Å². The highest BCUT2D eigenvalue weighted by Gasteiger charge is 2.06. The lowest BCUT2D eigenvalue weighted by molar-refractivity contribution is 0.414. The molecule has 0 aliphatic rings. The van der Waals surface area contributed by atoms with Gasteiger partial charge in [0, 0.05) is 0 Å². The van der Waals surface area contributed by atoms with Gasteiger partial charge in [0.1, 0.15) is 5.75 Å². The first-order valence-corrected chi connectivity index (χ1v) is 6.90. The van der Waals surface area contributed by atoms with Gasteiger partial charge < -0.3 is 14.3 Å². The zero-order chi connectivity index (χ0) is 14.1. The van der Waals surface area contributed by atoms with Crippen molar-refractivity contribution in [3.63, 3.8) is 0 Å². The predicted octanol–water partition coefficient (Wildman–Crippen LogP) is 4.06. The minimum atomic E-state index is 0.736. The molecule has 20 heavy (non-hydrogen) atoms. The van der Waals surface area contributed by atoms with Crippen LogP contribution in [-0.2, 0) is 6.54 Å². The number of aromatic amines is 1. The molecule has 0 atom stereocenters. The Balaban J connectivity index is 2.07. The molecule has 0 amide bonds. The van der Waals surface area contributed by atoms with Gasteiger partial charge in [0.15, 0.2) is 4.77 Å². The summed E-state index contributed by atoms with van der Waals surface area (Å²) in [5, 5.41) is 0. The second kappa shape index (κ2) is 5.13. The van der Waals surface area contributed by atoms with Gasteiger partial charge in [-0.2, -0.15) is 0 Å². The number of methoxy groups -OCH3 is 1. The average Bonchev–Trinajstić information content (AvgIpc) is 2.75. The molecular weight excluding hydrogens is 268 g/mol. The summed E-state index contributed by atoms with van der Waals surface area (Å²) in [6, 6.07) is 14.4. The van der Waals surface area contributed by atoms with Gasteiger partial charge in [-0.25, -0.2) is 0 Å². The minimum Gasteiger partial charge on any atom is -0.497 e. The third kappa shape index (κ3) is 2.34. The number of benzene rings is 2. The number of nitrogens with zero attached hydrogens (tertiary/aromatic N) is 1. The van der Waals surface area contributed by atoms with E-state index in [4.69, 9.17) is 17.0 Å². The van der Waals surface area contributed by atoms with E-state index in [0.717, 1.165) is 28.1 Å². The van der Waals surface area contributed by atoms with Crippen molar-refractivity contribution < 1.29 is 4.74 Å². The van der Waals surface area contributed by atoms with Gasteiger partial charge in [0.25, 0.3) is 0 Å². The Morgan fingerprint density at radius 3 is 2.85 bits per heavy atom. The highest BCUT2D eigenvalue weighted by molar-refractivity contribution is 7.71. The molecule has 0 unspecified atom stereocenters. The second-order valence-corrected chi connectivity index (χ2v) is 5.28. The van der Waals surface area contributed by atoms with Crippen LogP contribution in [0.25, 0.3) is 11.0 Å². The number of ether oxygens (including phenoxy) is 1. The van der Waals surface area contributed by atoms with Crippen LogP contribution in [0.15, 0.2) is 42.5 Å². The van der Waals surface area contributed by atoms with Crippen LogP contribution in [-0.4, -0.2) is 16.7 Å². The van der Waals surface area contributed by atoms with E-state index in [1.54, 1.807) is 7.11 Å². The van der Waals surface area contributed by atoms with Gasteiger partial charge in [-0.1, -0.05) is 18.2 Å². The van der Waals surface area contributed by atoms with Crippen LogP contribution in [0.3, 0.4) is 0 Å². The maximum Gasteiger partial charge on any atom is 0.178 e. The van der Waals surface area contributed by atoms with Gasteiger partial charge in [-0.05, 0) is 54.5 Å². The first kappa shape index (κ1) is 12.9. The number of imidazole rings is 1. The van der Waals surface area contributed by atoms with Crippen molar-refractivity contribution in [3.05, 3.63) is 58.4 Å². The Morgan fingerprint density at radius 1 is 1.20 bits per heavy atom. The zero-order valence-corrected chi connectivity index (χ0v) is 12.3. The largest absolute Gasteiger partial charge is 0.497 e. The van der Waals surface area contributed by atoms with E-state index in [0.29, 0.717) is 0 Å². The molecule has 0 spiro atoms. The second-order valence-electron chi connectivity index (χ2n) is 4.89. The van der Waals surface area contributed by atoms with E-state index >= 15 is 0 Å². The Labute approximate surface area is 122 Å². The number of hydrogen-bond donors (Lipinski definition) is 1. The Bertz CT molecular complexity index is 817. The molecule has 0 aliphatic heterocycles. The molecule has 0 saturated heterocycles. The van der Waals surface area contributed by atoms with Crippen molar-refractivity contribution in [3.8, 4) is 5.75 Å². The average molecular weight is 284 g/mol. The summed E-state index contributed by atoms with van der Waals surface area (Å²) in [5.74, 6) is 0.866. The molecule has 3 nitrogen and oxygen atoms in total. The van der Waals surface area contributed by atoms with E-state index in [-0.39, 0.29) is 0 Å². The molecule has 3 aromatic rings. The first-order chi connectivity index (χ1) is 9.67. The summed E-state index contributed by atoms with van der Waals surface area (Å²) < 4.78 is 8.13. The minimum absolute atomic E-state index is 0.736. The first-order valence-electron chi connectivity index (χ1n) is 6.49. The molecule has 0 fully saturated rings. The van der Waals surface area contributed by atoms with Crippen molar-refractivity contribution in [2.24, 2.45) is 0 Å². The van der Waals surface area contributed by atoms with Crippen LogP contribution in [0.5, 0.6) is 5.75 Å². The van der Waals surface area contributed by atoms with Crippen LogP contribution in [0.1, 0.15) is 11.1 Å². The van der Waals surface area contributed by atoms with E-state index in [2.05, 4.69) is 40.7 Å². The SMILES string of the molecule is COc1cccc(Cn2c(=S)[nH]c3ccc(C)cc32)c1. The highest BCUT2D eigenvalue weighted by Crippen LogP contribution is 2.19. The quantitative estimate of drug-likeness (QED) is 0.735. The van der Waals surface area contributed by atoms with Crippen molar-refractivity contribution in [1.82, 2.24) is 9.55 Å². The zero-order valence-electron chi connectivity index (χ0n) is 11.5. The predicted molar refractivity (Wildman–Crippen MR) is 84.0 cm³/mol. The third-order valence-corrected chi connectivity index (χ3v) is 3.73. The standard InChI is InChI=1S/C16H16N2OS/c1-11-6-7-14-15(8-11)18(16(20)17-14)10-12-4-3-5-13(9-12)19-2/h3-9H,10H2,1-2H3,(H,17,20). The molecule has 2 aromatic carbocycles. The smallest absolute Gasteiger partial charge is 0.178 e. The Hall–Kier alpha value is -2.07. The van der Waals surface area contributed by atoms with E-state index in [1.807, 2.05) is 18.2 Å². The molecule has 0 saturated carbocycles. The maximum absolute atomic E-state index is 5.43. The number of aryl methyl sites for hydroxylation is 1. The molecule has 0 bridgehead atoms. The molecule has 0 radical (unpaired) electrons. The molecular formula is C16H16N2OS. The number of fused-ring (bicyclic) bond motifs is 1. The lowest BCUT2D eigenvalue weighted by Gasteiger charge is -2.07. The molecule has 1 N–H and O–H groups in total. The van der Waals surface area contributed by atoms with Crippen LogP contribution in [0.2, 0.25) is 0 Å². The van der Waals surface area contributed by atoms with Crippen molar-refractivity contribution in [1.29, 1.82) is 0 Å². The number of hydrogen-bond acceptors (Lipinski definition) is 2. The molecule has 1 heterocycles. The summed E-state index contributed by atoms with van der Waals surface area (Å²) in [6.07, 6.45) is 0. The molecule has 0 aliphatic carbocycles. The van der Waals surface area contributed by atoms with Crippen LogP contribution in [0.4, 0.5) is 0 Å². The van der Waals surface area contributed by atoms with E-state index in [9.17, 15) is 0 Å². The van der Waals surface area contributed by atoms with Gasteiger partial charge in [-0.15, -0.1) is 0 Å². The lowest BCUT2D eigenvalue weighted by Crippen LogP contribution is -2.00. The number of aromatic nitrogens is 2. The van der Waals surface area contributed by atoms with Crippen molar-refractivity contribution >= 4 is 23.3 Å². The van der Waals surface area contributed by atoms with Crippen molar-refractivity contribution in [2.75, 3.05) is 7.11 Å². The summed E-state index contributed by atoms with van der Waals surface area (Å²) in [7, 11) is 1.68.